The number of alkyl carbamates (subject to hydrolysis) is 1. The molecule has 0 spiro atoms. The molecule has 0 radical (unpaired) electrons. The van der Waals surface area contributed by atoms with Crippen LogP contribution in [0.2, 0.25) is 0 Å². The van der Waals surface area contributed by atoms with E-state index in [9.17, 15) is 9.59 Å². The first-order valence-electron chi connectivity index (χ1n) is 6.48. The van der Waals surface area contributed by atoms with Crippen molar-refractivity contribution in [2.24, 2.45) is 0 Å². The summed E-state index contributed by atoms with van der Waals surface area (Å²) in [6.45, 7) is 5.21. The molecule has 0 aliphatic carbocycles. The summed E-state index contributed by atoms with van der Waals surface area (Å²) in [5.74, 6) is -0.566. The van der Waals surface area contributed by atoms with Crippen LogP contribution in [0.15, 0.2) is 18.5 Å². The predicted molar refractivity (Wildman–Crippen MR) is 77.5 cm³/mol. The summed E-state index contributed by atoms with van der Waals surface area (Å²) in [4.78, 5) is 27.5. The van der Waals surface area contributed by atoms with Gasteiger partial charge in [0.2, 0.25) is 0 Å². The summed E-state index contributed by atoms with van der Waals surface area (Å²) < 4.78 is 9.81. The molecule has 7 nitrogen and oxygen atoms in total. The average Bonchev–Trinajstić information content (AvgIpc) is 2.34. The van der Waals surface area contributed by atoms with Crippen LogP contribution >= 0.6 is 0 Å². The van der Waals surface area contributed by atoms with Gasteiger partial charge in [-0.1, -0.05) is 0 Å². The first-order chi connectivity index (χ1) is 9.71. The highest BCUT2D eigenvalue weighted by Crippen LogP contribution is 2.10. The minimum absolute atomic E-state index is 0.212. The van der Waals surface area contributed by atoms with Gasteiger partial charge < -0.3 is 20.5 Å². The lowest BCUT2D eigenvalue weighted by molar-refractivity contribution is -0.143. The van der Waals surface area contributed by atoms with E-state index in [1.807, 2.05) is 0 Å². The van der Waals surface area contributed by atoms with Gasteiger partial charge >= 0.3 is 12.1 Å². The molecule has 0 bridgehead atoms. The number of nitrogen functional groups attached to an aromatic ring is 1. The van der Waals surface area contributed by atoms with Crippen molar-refractivity contribution in [1.82, 2.24) is 10.3 Å². The number of hydrogen-bond donors (Lipinski definition) is 2. The highest BCUT2D eigenvalue weighted by molar-refractivity contribution is 5.81. The van der Waals surface area contributed by atoms with Crippen molar-refractivity contribution in [3.63, 3.8) is 0 Å². The van der Waals surface area contributed by atoms with Crippen LogP contribution in [-0.4, -0.2) is 35.8 Å². The lowest BCUT2D eigenvalue weighted by atomic mass is 10.1. The van der Waals surface area contributed by atoms with E-state index in [-0.39, 0.29) is 6.42 Å². The fraction of sp³-hybridized carbons (Fsp3) is 0.500. The number of aromatic nitrogens is 1. The molecular weight excluding hydrogens is 274 g/mol. The van der Waals surface area contributed by atoms with Crippen molar-refractivity contribution in [3.8, 4) is 0 Å². The molecule has 7 heteroatoms. The van der Waals surface area contributed by atoms with E-state index in [4.69, 9.17) is 10.5 Å². The number of nitrogens with zero attached hydrogens (tertiary/aromatic N) is 1. The zero-order valence-corrected chi connectivity index (χ0v) is 12.7. The predicted octanol–water partition coefficient (Wildman–Crippen LogP) is 1.27. The van der Waals surface area contributed by atoms with Crippen molar-refractivity contribution in [2.45, 2.75) is 38.8 Å². The van der Waals surface area contributed by atoms with Gasteiger partial charge in [0.25, 0.3) is 0 Å². The van der Waals surface area contributed by atoms with Gasteiger partial charge in [-0.05, 0) is 32.4 Å². The second-order valence-corrected chi connectivity index (χ2v) is 5.55. The Hall–Kier alpha value is -2.31. The van der Waals surface area contributed by atoms with E-state index >= 15 is 0 Å². The van der Waals surface area contributed by atoms with E-state index in [2.05, 4.69) is 15.0 Å². The lowest BCUT2D eigenvalue weighted by Crippen LogP contribution is -2.45. The number of ether oxygens (including phenoxy) is 2. The Morgan fingerprint density at radius 1 is 1.38 bits per heavy atom. The molecule has 1 amide bonds. The summed E-state index contributed by atoms with van der Waals surface area (Å²) in [6.07, 6.45) is 2.60. The van der Waals surface area contributed by atoms with Crippen LogP contribution in [0.4, 0.5) is 10.5 Å². The number of rotatable bonds is 4. The van der Waals surface area contributed by atoms with Gasteiger partial charge in [0, 0.05) is 18.8 Å². The summed E-state index contributed by atoms with van der Waals surface area (Å²) in [7, 11) is 1.25. The van der Waals surface area contributed by atoms with Gasteiger partial charge in [0.15, 0.2) is 0 Å². The van der Waals surface area contributed by atoms with Crippen LogP contribution in [0.3, 0.4) is 0 Å². The molecule has 1 aromatic rings. The largest absolute Gasteiger partial charge is 0.467 e. The fourth-order valence-electron chi connectivity index (χ4n) is 1.64. The third-order valence-corrected chi connectivity index (χ3v) is 2.43. The molecule has 0 aliphatic heterocycles. The smallest absolute Gasteiger partial charge is 0.408 e. The highest BCUT2D eigenvalue weighted by atomic mass is 16.6. The maximum atomic E-state index is 11.8. The zero-order chi connectivity index (χ0) is 16.0. The Morgan fingerprint density at radius 3 is 2.57 bits per heavy atom. The molecule has 0 unspecified atom stereocenters. The van der Waals surface area contributed by atoms with Gasteiger partial charge in [-0.25, -0.2) is 9.59 Å². The van der Waals surface area contributed by atoms with E-state index in [1.165, 1.54) is 13.3 Å². The fourth-order valence-corrected chi connectivity index (χ4v) is 1.64. The summed E-state index contributed by atoms with van der Waals surface area (Å²) in [6, 6.07) is 0.813. The van der Waals surface area contributed by atoms with Crippen LogP contribution < -0.4 is 11.1 Å². The molecule has 1 heterocycles. The van der Waals surface area contributed by atoms with Gasteiger partial charge in [-0.3, -0.25) is 4.98 Å². The zero-order valence-electron chi connectivity index (χ0n) is 12.7. The maximum absolute atomic E-state index is 11.8. The molecule has 3 N–H and O–H groups in total. The minimum Gasteiger partial charge on any atom is -0.467 e. The van der Waals surface area contributed by atoms with E-state index in [1.54, 1.807) is 33.0 Å². The second kappa shape index (κ2) is 6.92. The summed E-state index contributed by atoms with van der Waals surface area (Å²) in [5.41, 5.74) is 6.18. The number of carbonyl (C=O) groups is 2. The number of carbonyl (C=O) groups excluding carboxylic acids is 2. The third-order valence-electron chi connectivity index (χ3n) is 2.43. The molecule has 1 aromatic heterocycles. The van der Waals surface area contributed by atoms with Crippen molar-refractivity contribution >= 4 is 17.7 Å². The molecule has 0 aromatic carbocycles. The molecule has 0 fully saturated rings. The van der Waals surface area contributed by atoms with E-state index in [0.717, 1.165) is 0 Å². The van der Waals surface area contributed by atoms with Gasteiger partial charge in [0.05, 0.1) is 12.8 Å². The average molecular weight is 295 g/mol. The van der Waals surface area contributed by atoms with Gasteiger partial charge in [0.1, 0.15) is 11.6 Å². The molecule has 116 valence electrons. The van der Waals surface area contributed by atoms with Gasteiger partial charge in [-0.2, -0.15) is 0 Å². The van der Waals surface area contributed by atoms with Crippen LogP contribution in [-0.2, 0) is 20.7 Å². The quantitative estimate of drug-likeness (QED) is 0.811. The SMILES string of the molecule is COC(=O)[C@H](Cc1cncc(N)c1)NC(=O)OC(C)(C)C. The number of pyridine rings is 1. The standard InChI is InChI=1S/C14H21N3O4/c1-14(2,3)21-13(19)17-11(12(18)20-4)6-9-5-10(15)8-16-7-9/h5,7-8,11H,6,15H2,1-4H3,(H,17,19)/t11-/m0/s1. The van der Waals surface area contributed by atoms with Crippen LogP contribution in [0, 0.1) is 0 Å². The molecule has 0 saturated heterocycles. The molecule has 0 saturated carbocycles. The number of methoxy groups -OCH3 is 1. The maximum Gasteiger partial charge on any atom is 0.408 e. The van der Waals surface area contributed by atoms with Crippen molar-refractivity contribution in [1.29, 1.82) is 0 Å². The lowest BCUT2D eigenvalue weighted by Gasteiger charge is -2.22. The Balaban J connectivity index is 2.77. The van der Waals surface area contributed by atoms with Crippen molar-refractivity contribution < 1.29 is 19.1 Å². The molecular formula is C14H21N3O4. The number of amides is 1. The normalized spacial score (nSPS) is 12.4. The van der Waals surface area contributed by atoms with Crippen molar-refractivity contribution in [2.75, 3.05) is 12.8 Å². The Kier molecular flexibility index (Phi) is 5.52. The van der Waals surface area contributed by atoms with Crippen molar-refractivity contribution in [3.05, 3.63) is 24.0 Å². The first-order valence-corrected chi connectivity index (χ1v) is 6.48. The Morgan fingerprint density at radius 2 is 2.05 bits per heavy atom. The highest BCUT2D eigenvalue weighted by Gasteiger charge is 2.25. The second-order valence-electron chi connectivity index (χ2n) is 5.55. The topological polar surface area (TPSA) is 104 Å². The van der Waals surface area contributed by atoms with E-state index < -0.39 is 23.7 Å². The monoisotopic (exact) mass is 295 g/mol. The number of nitrogens with two attached hydrogens (primary N) is 1. The Labute approximate surface area is 123 Å². The van der Waals surface area contributed by atoms with Gasteiger partial charge in [-0.15, -0.1) is 0 Å². The third kappa shape index (κ3) is 6.11. The molecule has 1 atom stereocenters. The van der Waals surface area contributed by atoms with Crippen LogP contribution in [0.1, 0.15) is 26.3 Å². The number of anilines is 1. The number of esters is 1. The van der Waals surface area contributed by atoms with Crippen LogP contribution in [0.25, 0.3) is 0 Å². The molecule has 1 rings (SSSR count). The summed E-state index contributed by atoms with van der Waals surface area (Å²) >= 11 is 0. The summed E-state index contributed by atoms with van der Waals surface area (Å²) in [5, 5.41) is 2.49. The first kappa shape index (κ1) is 16.7. The number of nitrogens with one attached hydrogen (secondary N) is 1. The Bertz CT molecular complexity index is 511. The minimum atomic E-state index is -0.867. The molecule has 21 heavy (non-hydrogen) atoms. The van der Waals surface area contributed by atoms with Crippen LogP contribution in [0.5, 0.6) is 0 Å². The number of hydrogen-bond acceptors (Lipinski definition) is 6. The molecule has 0 aliphatic rings. The van der Waals surface area contributed by atoms with E-state index in [0.29, 0.717) is 11.3 Å².